The summed E-state index contributed by atoms with van der Waals surface area (Å²) >= 11 is 16.4. The van der Waals surface area contributed by atoms with E-state index in [2.05, 4.69) is 58.5 Å². The highest BCUT2D eigenvalue weighted by Crippen LogP contribution is 2.52. The van der Waals surface area contributed by atoms with E-state index in [1.165, 1.54) is 11.3 Å². The van der Waals surface area contributed by atoms with Crippen LogP contribution in [0, 0.1) is 12.8 Å². The summed E-state index contributed by atoms with van der Waals surface area (Å²) in [5.41, 5.74) is 5.69. The molecule has 5 rings (SSSR count). The molecular weight excluding hydrogens is 521 g/mol. The second-order valence-corrected chi connectivity index (χ2v) is 10.3. The predicted molar refractivity (Wildman–Crippen MR) is 139 cm³/mol. The maximum atomic E-state index is 6.39. The smallest absolute Gasteiger partial charge is 0.175 e. The van der Waals surface area contributed by atoms with Gasteiger partial charge in [-0.3, -0.25) is 0 Å². The van der Waals surface area contributed by atoms with Crippen LogP contribution in [0.5, 0.6) is 11.5 Å². The Bertz CT molecular complexity index is 1240. The van der Waals surface area contributed by atoms with E-state index in [1.54, 1.807) is 7.11 Å². The van der Waals surface area contributed by atoms with Crippen LogP contribution in [0.4, 0.5) is 5.69 Å². The monoisotopic (exact) mass is 543 g/mol. The molecule has 0 saturated heterocycles. The van der Waals surface area contributed by atoms with Crippen molar-refractivity contribution in [3.63, 3.8) is 0 Å². The average molecular weight is 545 g/mol. The largest absolute Gasteiger partial charge is 0.493 e. The van der Waals surface area contributed by atoms with Crippen LogP contribution < -0.4 is 14.8 Å². The number of ether oxygens (including phenoxy) is 2. The van der Waals surface area contributed by atoms with E-state index in [1.807, 2.05) is 30.3 Å². The van der Waals surface area contributed by atoms with Crippen molar-refractivity contribution in [3.8, 4) is 11.5 Å². The number of aryl methyl sites for hydroxylation is 1. The number of fused-ring (bicyclic) bond motifs is 3. The third-order valence-corrected chi connectivity index (χ3v) is 7.75. The van der Waals surface area contributed by atoms with Gasteiger partial charge in [0.1, 0.15) is 6.61 Å². The number of nitrogens with one attached hydrogen (secondary N) is 1. The van der Waals surface area contributed by atoms with Crippen LogP contribution in [-0.2, 0) is 6.61 Å². The molecule has 0 saturated carbocycles. The minimum absolute atomic E-state index is 0.139. The number of rotatable bonds is 5. The van der Waals surface area contributed by atoms with Gasteiger partial charge in [0, 0.05) is 27.2 Å². The van der Waals surface area contributed by atoms with E-state index in [4.69, 9.17) is 32.7 Å². The average Bonchev–Trinajstić information content (AvgIpc) is 3.29. The molecule has 3 aromatic carbocycles. The number of benzene rings is 3. The molecule has 1 aliphatic heterocycles. The summed E-state index contributed by atoms with van der Waals surface area (Å²) in [6, 6.07) is 16.2. The molecule has 6 heteroatoms. The van der Waals surface area contributed by atoms with Crippen molar-refractivity contribution in [1.29, 1.82) is 0 Å². The molecule has 1 heterocycles. The van der Waals surface area contributed by atoms with Gasteiger partial charge in [-0.1, -0.05) is 53.6 Å². The quantitative estimate of drug-likeness (QED) is 0.327. The maximum Gasteiger partial charge on any atom is 0.175 e. The molecule has 1 N–H and O–H groups in total. The first-order valence-corrected chi connectivity index (χ1v) is 12.5. The number of anilines is 1. The number of hydrogen-bond acceptors (Lipinski definition) is 3. The molecule has 0 radical (unpaired) electrons. The Kier molecular flexibility index (Phi) is 6.34. The third kappa shape index (κ3) is 4.25. The van der Waals surface area contributed by atoms with Crippen LogP contribution in [-0.4, -0.2) is 7.11 Å². The normalized spacial score (nSPS) is 20.7. The van der Waals surface area contributed by atoms with Gasteiger partial charge in [0.2, 0.25) is 0 Å². The summed E-state index contributed by atoms with van der Waals surface area (Å²) in [6.45, 7) is 2.47. The fourth-order valence-corrected chi connectivity index (χ4v) is 6.04. The van der Waals surface area contributed by atoms with E-state index < -0.39 is 0 Å². The lowest BCUT2D eigenvalue weighted by molar-refractivity contribution is 0.282. The lowest BCUT2D eigenvalue weighted by Gasteiger charge is -2.38. The zero-order valence-corrected chi connectivity index (χ0v) is 21.5. The van der Waals surface area contributed by atoms with E-state index in [0.29, 0.717) is 35.0 Å². The molecule has 1 aliphatic carbocycles. The van der Waals surface area contributed by atoms with E-state index in [-0.39, 0.29) is 6.04 Å². The first-order chi connectivity index (χ1) is 16.0. The molecule has 170 valence electrons. The first-order valence-electron chi connectivity index (χ1n) is 10.9. The number of halogens is 3. The minimum Gasteiger partial charge on any atom is -0.493 e. The van der Waals surface area contributed by atoms with Crippen molar-refractivity contribution in [2.45, 2.75) is 31.9 Å². The summed E-state index contributed by atoms with van der Waals surface area (Å²) in [4.78, 5) is 0. The standard InChI is InChI=1S/C27H24BrCl2NO2/c1-15-10-18(29)13-21-19-7-5-8-20(19)26(31-25(15)21)17-11-22(28)27(24(12-17)32-2)33-14-16-6-3-4-9-23(16)30/h3-7,9-13,19-20,26,31H,8,14H2,1-2H3/t19-,20+,26-/m0/s1. The second-order valence-electron chi connectivity index (χ2n) is 8.58. The molecule has 2 aliphatic rings. The molecule has 0 spiro atoms. The Morgan fingerprint density at radius 2 is 1.94 bits per heavy atom. The van der Waals surface area contributed by atoms with Gasteiger partial charge < -0.3 is 14.8 Å². The fraction of sp³-hybridized carbons (Fsp3) is 0.259. The first kappa shape index (κ1) is 22.6. The Hall–Kier alpha value is -2.14. The molecule has 0 aromatic heterocycles. The third-order valence-electron chi connectivity index (χ3n) is 6.57. The molecule has 33 heavy (non-hydrogen) atoms. The van der Waals surface area contributed by atoms with Gasteiger partial charge in [-0.15, -0.1) is 0 Å². The summed E-state index contributed by atoms with van der Waals surface area (Å²) < 4.78 is 12.7. The molecule has 0 bridgehead atoms. The van der Waals surface area contributed by atoms with Gasteiger partial charge in [-0.2, -0.15) is 0 Å². The van der Waals surface area contributed by atoms with Crippen molar-refractivity contribution in [2.24, 2.45) is 5.92 Å². The maximum absolute atomic E-state index is 6.39. The molecule has 0 amide bonds. The predicted octanol–water partition coefficient (Wildman–Crippen LogP) is 8.48. The summed E-state index contributed by atoms with van der Waals surface area (Å²) in [5, 5.41) is 5.28. The van der Waals surface area contributed by atoms with Crippen molar-refractivity contribution < 1.29 is 9.47 Å². The van der Waals surface area contributed by atoms with Gasteiger partial charge in [-0.05, 0) is 82.2 Å². The lowest BCUT2D eigenvalue weighted by atomic mass is 9.76. The second kappa shape index (κ2) is 9.25. The van der Waals surface area contributed by atoms with Crippen LogP contribution in [0.2, 0.25) is 10.0 Å². The van der Waals surface area contributed by atoms with Crippen LogP contribution in [0.25, 0.3) is 0 Å². The van der Waals surface area contributed by atoms with Crippen LogP contribution >= 0.6 is 39.1 Å². The van der Waals surface area contributed by atoms with E-state index in [9.17, 15) is 0 Å². The van der Waals surface area contributed by atoms with Crippen molar-refractivity contribution >= 4 is 44.8 Å². The van der Waals surface area contributed by atoms with Crippen molar-refractivity contribution in [3.05, 3.63) is 97.5 Å². The Morgan fingerprint density at radius 1 is 1.12 bits per heavy atom. The molecule has 0 unspecified atom stereocenters. The van der Waals surface area contributed by atoms with Crippen LogP contribution in [0.3, 0.4) is 0 Å². The summed E-state index contributed by atoms with van der Waals surface area (Å²) in [7, 11) is 1.67. The lowest BCUT2D eigenvalue weighted by Crippen LogP contribution is -2.29. The molecule has 3 aromatic rings. The highest BCUT2D eigenvalue weighted by Gasteiger charge is 2.39. The van der Waals surface area contributed by atoms with Gasteiger partial charge in [0.25, 0.3) is 0 Å². The zero-order valence-electron chi connectivity index (χ0n) is 18.4. The number of hydrogen-bond donors (Lipinski definition) is 1. The molecule has 3 atom stereocenters. The van der Waals surface area contributed by atoms with Crippen molar-refractivity contribution in [2.75, 3.05) is 12.4 Å². The summed E-state index contributed by atoms with van der Waals surface area (Å²) in [5.74, 6) is 2.10. The molecule has 0 fully saturated rings. The Balaban J connectivity index is 1.48. The SMILES string of the molecule is COc1cc([C@@H]2Nc3c(C)cc(Cl)cc3[C@H]3C=CC[C@H]32)cc(Br)c1OCc1ccccc1Cl. The fourth-order valence-electron chi connectivity index (χ4n) is 5.00. The highest BCUT2D eigenvalue weighted by molar-refractivity contribution is 9.10. The topological polar surface area (TPSA) is 30.5 Å². The van der Waals surface area contributed by atoms with Gasteiger partial charge >= 0.3 is 0 Å². The van der Waals surface area contributed by atoms with Gasteiger partial charge in [0.15, 0.2) is 11.5 Å². The van der Waals surface area contributed by atoms with E-state index >= 15 is 0 Å². The van der Waals surface area contributed by atoms with Crippen LogP contribution in [0.15, 0.2) is 65.2 Å². The number of methoxy groups -OCH3 is 1. The Morgan fingerprint density at radius 3 is 2.73 bits per heavy atom. The number of allylic oxidation sites excluding steroid dienone is 2. The van der Waals surface area contributed by atoms with Crippen LogP contribution in [0.1, 0.15) is 40.6 Å². The zero-order chi connectivity index (χ0) is 23.1. The van der Waals surface area contributed by atoms with E-state index in [0.717, 1.165) is 32.6 Å². The highest BCUT2D eigenvalue weighted by atomic mass is 79.9. The van der Waals surface area contributed by atoms with Gasteiger partial charge in [0.05, 0.1) is 17.6 Å². The van der Waals surface area contributed by atoms with Crippen molar-refractivity contribution in [1.82, 2.24) is 0 Å². The molecule has 3 nitrogen and oxygen atoms in total. The van der Waals surface area contributed by atoms with Gasteiger partial charge in [-0.25, -0.2) is 0 Å². The Labute approximate surface area is 212 Å². The minimum atomic E-state index is 0.139. The molecular formula is C27H24BrCl2NO2. The summed E-state index contributed by atoms with van der Waals surface area (Å²) in [6.07, 6.45) is 5.61.